The molecule has 0 aliphatic carbocycles. The van der Waals surface area contributed by atoms with Gasteiger partial charge in [-0.05, 0) is 29.5 Å². The van der Waals surface area contributed by atoms with Gasteiger partial charge in [-0.25, -0.2) is 4.39 Å². The highest BCUT2D eigenvalue weighted by Gasteiger charge is 2.19. The van der Waals surface area contributed by atoms with Crippen LogP contribution in [-0.2, 0) is 4.79 Å². The van der Waals surface area contributed by atoms with Crippen LogP contribution in [0.15, 0.2) is 24.3 Å². The summed E-state index contributed by atoms with van der Waals surface area (Å²) in [5.41, 5.74) is 0.888. The zero-order chi connectivity index (χ0) is 12.1. The highest BCUT2D eigenvalue weighted by Crippen LogP contribution is 2.28. The molecule has 0 heterocycles. The first-order valence-corrected chi connectivity index (χ1v) is 5.50. The van der Waals surface area contributed by atoms with Gasteiger partial charge in [0, 0.05) is 13.5 Å². The number of benzene rings is 1. The molecule has 1 amide bonds. The molecule has 0 aromatic heterocycles. The molecule has 1 N–H and O–H groups in total. The van der Waals surface area contributed by atoms with Crippen molar-refractivity contribution in [3.05, 3.63) is 35.6 Å². The second-order valence-electron chi connectivity index (χ2n) is 4.28. The largest absolute Gasteiger partial charge is 0.359 e. The smallest absolute Gasteiger partial charge is 0.220 e. The van der Waals surface area contributed by atoms with E-state index in [2.05, 4.69) is 5.32 Å². The number of nitrogens with one attached hydrogen (secondary N) is 1. The van der Waals surface area contributed by atoms with Gasteiger partial charge in [0.05, 0.1) is 0 Å². The molecule has 3 heteroatoms. The average molecular weight is 223 g/mol. The summed E-state index contributed by atoms with van der Waals surface area (Å²) in [7, 11) is 1.62. The number of halogens is 1. The van der Waals surface area contributed by atoms with Crippen molar-refractivity contribution in [3.63, 3.8) is 0 Å². The van der Waals surface area contributed by atoms with E-state index in [1.165, 1.54) is 12.1 Å². The Bertz CT molecular complexity index is 363. The zero-order valence-electron chi connectivity index (χ0n) is 9.96. The van der Waals surface area contributed by atoms with E-state index >= 15 is 0 Å². The monoisotopic (exact) mass is 223 g/mol. The van der Waals surface area contributed by atoms with Crippen LogP contribution in [-0.4, -0.2) is 13.0 Å². The Morgan fingerprint density at radius 3 is 2.62 bits per heavy atom. The maximum atomic E-state index is 13.1. The van der Waals surface area contributed by atoms with Crippen molar-refractivity contribution in [1.29, 1.82) is 0 Å². The van der Waals surface area contributed by atoms with Crippen molar-refractivity contribution in [1.82, 2.24) is 5.32 Å². The van der Waals surface area contributed by atoms with Crippen molar-refractivity contribution < 1.29 is 9.18 Å². The van der Waals surface area contributed by atoms with E-state index in [-0.39, 0.29) is 17.6 Å². The molecule has 1 atom stereocenters. The van der Waals surface area contributed by atoms with Crippen LogP contribution in [0, 0.1) is 11.7 Å². The second kappa shape index (κ2) is 5.64. The molecule has 0 aliphatic heterocycles. The minimum absolute atomic E-state index is 0.0111. The first-order chi connectivity index (χ1) is 7.54. The van der Waals surface area contributed by atoms with Gasteiger partial charge in [0.25, 0.3) is 0 Å². The fraction of sp³-hybridized carbons (Fsp3) is 0.462. The molecular weight excluding hydrogens is 205 g/mol. The average Bonchev–Trinajstić information content (AvgIpc) is 2.25. The van der Waals surface area contributed by atoms with Gasteiger partial charge in [0.2, 0.25) is 5.91 Å². The summed E-state index contributed by atoms with van der Waals surface area (Å²) in [4.78, 5) is 11.4. The van der Waals surface area contributed by atoms with Crippen LogP contribution in [0.1, 0.15) is 31.7 Å². The van der Waals surface area contributed by atoms with Crippen LogP contribution in [0.25, 0.3) is 0 Å². The van der Waals surface area contributed by atoms with Crippen molar-refractivity contribution in [2.24, 2.45) is 5.92 Å². The lowest BCUT2D eigenvalue weighted by atomic mass is 9.85. The Balaban J connectivity index is 2.89. The van der Waals surface area contributed by atoms with E-state index in [1.54, 1.807) is 13.1 Å². The van der Waals surface area contributed by atoms with Gasteiger partial charge >= 0.3 is 0 Å². The normalized spacial score (nSPS) is 12.6. The molecule has 1 aromatic rings. The lowest BCUT2D eigenvalue weighted by Gasteiger charge is -2.20. The molecule has 0 bridgehead atoms. The van der Waals surface area contributed by atoms with Crippen LogP contribution in [0.2, 0.25) is 0 Å². The summed E-state index contributed by atoms with van der Waals surface area (Å²) < 4.78 is 13.1. The summed E-state index contributed by atoms with van der Waals surface area (Å²) in [6.45, 7) is 4.08. The third-order valence-corrected chi connectivity index (χ3v) is 2.77. The van der Waals surface area contributed by atoms with E-state index in [1.807, 2.05) is 19.9 Å². The van der Waals surface area contributed by atoms with E-state index in [0.29, 0.717) is 12.3 Å². The Labute approximate surface area is 95.9 Å². The first kappa shape index (κ1) is 12.7. The van der Waals surface area contributed by atoms with E-state index in [9.17, 15) is 9.18 Å². The predicted molar refractivity (Wildman–Crippen MR) is 62.7 cm³/mol. The first-order valence-electron chi connectivity index (χ1n) is 5.50. The van der Waals surface area contributed by atoms with Crippen molar-refractivity contribution in [3.8, 4) is 0 Å². The van der Waals surface area contributed by atoms with Gasteiger partial charge < -0.3 is 5.32 Å². The number of carbonyl (C=O) groups excluding carboxylic acids is 1. The maximum absolute atomic E-state index is 13.1. The molecule has 0 radical (unpaired) electrons. The molecule has 2 nitrogen and oxygen atoms in total. The van der Waals surface area contributed by atoms with Crippen molar-refractivity contribution in [2.45, 2.75) is 26.2 Å². The van der Waals surface area contributed by atoms with Crippen LogP contribution in [0.3, 0.4) is 0 Å². The Kier molecular flexibility index (Phi) is 4.47. The minimum Gasteiger partial charge on any atom is -0.359 e. The fourth-order valence-electron chi connectivity index (χ4n) is 1.78. The van der Waals surface area contributed by atoms with Crippen LogP contribution >= 0.6 is 0 Å². The third-order valence-electron chi connectivity index (χ3n) is 2.77. The Hall–Kier alpha value is -1.38. The molecule has 0 aliphatic rings. The van der Waals surface area contributed by atoms with E-state index in [4.69, 9.17) is 0 Å². The minimum atomic E-state index is -0.250. The topological polar surface area (TPSA) is 29.1 Å². The fourth-order valence-corrected chi connectivity index (χ4v) is 1.78. The third kappa shape index (κ3) is 3.33. The van der Waals surface area contributed by atoms with E-state index in [0.717, 1.165) is 5.56 Å². The molecule has 0 saturated carbocycles. The summed E-state index contributed by atoms with van der Waals surface area (Å²) >= 11 is 0. The van der Waals surface area contributed by atoms with Gasteiger partial charge in [-0.15, -0.1) is 0 Å². The molecular formula is C13H18FNO. The standard InChI is InChI=1S/C13H18FNO/c1-9(2)12(8-13(16)15-3)10-5-4-6-11(14)7-10/h4-7,9,12H,8H2,1-3H3,(H,15,16). The van der Waals surface area contributed by atoms with Crippen molar-refractivity contribution in [2.75, 3.05) is 7.05 Å². The summed E-state index contributed by atoms with van der Waals surface area (Å²) in [5, 5.41) is 2.60. The van der Waals surface area contributed by atoms with Crippen molar-refractivity contribution >= 4 is 5.91 Å². The number of amides is 1. The van der Waals surface area contributed by atoms with Crippen LogP contribution in [0.4, 0.5) is 4.39 Å². The van der Waals surface area contributed by atoms with Gasteiger partial charge in [-0.2, -0.15) is 0 Å². The molecule has 0 fully saturated rings. The molecule has 88 valence electrons. The molecule has 1 aromatic carbocycles. The highest BCUT2D eigenvalue weighted by atomic mass is 19.1. The van der Waals surface area contributed by atoms with Gasteiger partial charge in [-0.3, -0.25) is 4.79 Å². The number of hydrogen-bond donors (Lipinski definition) is 1. The van der Waals surface area contributed by atoms with Crippen LogP contribution in [0.5, 0.6) is 0 Å². The predicted octanol–water partition coefficient (Wildman–Crippen LogP) is 2.70. The van der Waals surface area contributed by atoms with Crippen LogP contribution < -0.4 is 5.32 Å². The lowest BCUT2D eigenvalue weighted by Crippen LogP contribution is -2.22. The van der Waals surface area contributed by atoms with Gasteiger partial charge in [0.1, 0.15) is 5.82 Å². The number of hydrogen-bond acceptors (Lipinski definition) is 1. The maximum Gasteiger partial charge on any atom is 0.220 e. The molecule has 1 rings (SSSR count). The van der Waals surface area contributed by atoms with Gasteiger partial charge in [-0.1, -0.05) is 26.0 Å². The Morgan fingerprint density at radius 1 is 1.44 bits per heavy atom. The van der Waals surface area contributed by atoms with E-state index < -0.39 is 0 Å². The zero-order valence-corrected chi connectivity index (χ0v) is 9.96. The summed E-state index contributed by atoms with van der Waals surface area (Å²) in [5.74, 6) is 0.109. The number of carbonyl (C=O) groups is 1. The summed E-state index contributed by atoms with van der Waals surface area (Å²) in [6, 6.07) is 6.48. The summed E-state index contributed by atoms with van der Waals surface area (Å²) in [6.07, 6.45) is 0.400. The SMILES string of the molecule is CNC(=O)CC(c1cccc(F)c1)C(C)C. The molecule has 0 saturated heterocycles. The number of rotatable bonds is 4. The molecule has 0 spiro atoms. The highest BCUT2D eigenvalue weighted by molar-refractivity contribution is 5.76. The molecule has 1 unspecified atom stereocenters. The lowest BCUT2D eigenvalue weighted by molar-refractivity contribution is -0.121. The molecule has 16 heavy (non-hydrogen) atoms. The second-order valence-corrected chi connectivity index (χ2v) is 4.28. The Morgan fingerprint density at radius 2 is 2.12 bits per heavy atom. The van der Waals surface area contributed by atoms with Gasteiger partial charge in [0.15, 0.2) is 0 Å². The quantitative estimate of drug-likeness (QED) is 0.835.